The number of carbonyl (C=O) groups excluding carboxylic acids is 1. The molecule has 1 aliphatic heterocycles. The van der Waals surface area contributed by atoms with Crippen LogP contribution in [0.3, 0.4) is 0 Å². The zero-order valence-electron chi connectivity index (χ0n) is 18.5. The Morgan fingerprint density at radius 3 is 2.30 bits per heavy atom. The van der Waals surface area contributed by atoms with Crippen LogP contribution in [0.5, 0.6) is 11.5 Å². The molecule has 10 heteroatoms. The molecule has 0 radical (unpaired) electrons. The molecule has 2 aromatic carbocycles. The lowest BCUT2D eigenvalue weighted by molar-refractivity contribution is -0.153. The second kappa shape index (κ2) is 10.7. The van der Waals surface area contributed by atoms with Gasteiger partial charge in [0, 0.05) is 24.8 Å². The number of ether oxygens (including phenoxy) is 2. The van der Waals surface area contributed by atoms with Crippen molar-refractivity contribution in [3.8, 4) is 11.5 Å². The molecule has 1 saturated heterocycles. The summed E-state index contributed by atoms with van der Waals surface area (Å²) in [5.74, 6) is -1.15. The summed E-state index contributed by atoms with van der Waals surface area (Å²) in [6, 6.07) is 10.7. The smallest absolute Gasteiger partial charge is 0.422 e. The molecule has 33 heavy (non-hydrogen) atoms. The van der Waals surface area contributed by atoms with Gasteiger partial charge in [-0.05, 0) is 57.3 Å². The van der Waals surface area contributed by atoms with Crippen LogP contribution in [-0.4, -0.2) is 63.4 Å². The lowest BCUT2D eigenvalue weighted by atomic mass is 10.0. The molecule has 180 valence electrons. The summed E-state index contributed by atoms with van der Waals surface area (Å²) in [5, 5.41) is 2.53. The van der Waals surface area contributed by atoms with Gasteiger partial charge in [-0.1, -0.05) is 12.1 Å². The van der Waals surface area contributed by atoms with E-state index in [1.165, 1.54) is 24.3 Å². The molecule has 0 unspecified atom stereocenters. The van der Waals surface area contributed by atoms with Crippen LogP contribution >= 0.6 is 0 Å². The number of hydrogen-bond acceptors (Lipinski definition) is 5. The number of piperidine rings is 1. The highest BCUT2D eigenvalue weighted by Gasteiger charge is 2.29. The molecular weight excluding hydrogens is 442 g/mol. The third kappa shape index (κ3) is 7.24. The van der Waals surface area contributed by atoms with Gasteiger partial charge in [0.25, 0.3) is 5.91 Å². The number of hydrogen-bond donors (Lipinski definition) is 1. The second-order valence-electron chi connectivity index (χ2n) is 8.04. The lowest BCUT2D eigenvalue weighted by Gasteiger charge is -2.36. The molecule has 2 aromatic rings. The number of amides is 1. The molecule has 3 rings (SSSR count). The van der Waals surface area contributed by atoms with E-state index >= 15 is 0 Å². The molecule has 1 N–H and O–H groups in total. The second-order valence-corrected chi connectivity index (χ2v) is 8.04. The summed E-state index contributed by atoms with van der Waals surface area (Å²) in [6.07, 6.45) is -2.62. The number of rotatable bonds is 8. The molecule has 1 heterocycles. The van der Waals surface area contributed by atoms with Gasteiger partial charge in [0.15, 0.2) is 24.7 Å². The Morgan fingerprint density at radius 2 is 1.73 bits per heavy atom. The maximum Gasteiger partial charge on any atom is 0.422 e. The zero-order valence-corrected chi connectivity index (χ0v) is 18.5. The molecule has 0 spiro atoms. The van der Waals surface area contributed by atoms with Gasteiger partial charge < -0.3 is 24.6 Å². The van der Waals surface area contributed by atoms with Gasteiger partial charge in [-0.15, -0.1) is 0 Å². The van der Waals surface area contributed by atoms with Crippen LogP contribution in [0.2, 0.25) is 0 Å². The first kappa shape index (κ1) is 24.6. The summed E-state index contributed by atoms with van der Waals surface area (Å²) >= 11 is 0. The zero-order chi connectivity index (χ0) is 24.0. The minimum Gasteiger partial charge on any atom is -0.480 e. The molecule has 6 nitrogen and oxygen atoms in total. The first-order chi connectivity index (χ1) is 15.6. The topological polar surface area (TPSA) is 54.0 Å². The molecule has 0 bridgehead atoms. The van der Waals surface area contributed by atoms with E-state index in [0.29, 0.717) is 11.7 Å². The Hall–Kier alpha value is -3.01. The molecular formula is C23H27F4N3O3. The van der Waals surface area contributed by atoms with Crippen molar-refractivity contribution in [3.05, 3.63) is 48.3 Å². The summed E-state index contributed by atoms with van der Waals surface area (Å²) in [4.78, 5) is 16.4. The van der Waals surface area contributed by atoms with Crippen LogP contribution in [0.15, 0.2) is 42.5 Å². The van der Waals surface area contributed by atoms with E-state index in [0.717, 1.165) is 25.9 Å². The largest absolute Gasteiger partial charge is 0.480 e. The van der Waals surface area contributed by atoms with Crippen molar-refractivity contribution in [1.82, 2.24) is 4.90 Å². The van der Waals surface area contributed by atoms with Crippen molar-refractivity contribution in [2.24, 2.45) is 0 Å². The minimum absolute atomic E-state index is 0.000412. The average Bonchev–Trinajstić information content (AvgIpc) is 2.76. The van der Waals surface area contributed by atoms with E-state index in [2.05, 4.69) is 10.2 Å². The third-order valence-electron chi connectivity index (χ3n) is 5.37. The summed E-state index contributed by atoms with van der Waals surface area (Å²) < 4.78 is 61.9. The predicted octanol–water partition coefficient (Wildman–Crippen LogP) is 4.31. The Kier molecular flexibility index (Phi) is 8.01. The molecule has 1 amide bonds. The summed E-state index contributed by atoms with van der Waals surface area (Å²) in [5.41, 5.74) is 0.742. The lowest BCUT2D eigenvalue weighted by Crippen LogP contribution is -2.42. The van der Waals surface area contributed by atoms with Gasteiger partial charge in [-0.2, -0.15) is 13.2 Å². The van der Waals surface area contributed by atoms with E-state index in [1.807, 2.05) is 19.0 Å². The Bertz CT molecular complexity index is 945. The first-order valence-corrected chi connectivity index (χ1v) is 10.5. The van der Waals surface area contributed by atoms with Crippen molar-refractivity contribution in [3.63, 3.8) is 0 Å². The van der Waals surface area contributed by atoms with Crippen LogP contribution in [0.25, 0.3) is 0 Å². The Balaban J connectivity index is 1.54. The summed E-state index contributed by atoms with van der Waals surface area (Å²) in [7, 11) is 4.08. The van der Waals surface area contributed by atoms with Crippen molar-refractivity contribution >= 4 is 17.3 Å². The van der Waals surface area contributed by atoms with Crippen molar-refractivity contribution in [2.45, 2.75) is 25.1 Å². The fraction of sp³-hybridized carbons (Fsp3) is 0.435. The highest BCUT2D eigenvalue weighted by Crippen LogP contribution is 2.29. The number of anilines is 2. The number of alkyl halides is 3. The quantitative estimate of drug-likeness (QED) is 0.584. The molecule has 0 aliphatic carbocycles. The Morgan fingerprint density at radius 1 is 1.09 bits per heavy atom. The van der Waals surface area contributed by atoms with E-state index in [9.17, 15) is 22.4 Å². The maximum absolute atomic E-state index is 14.7. The minimum atomic E-state index is -4.50. The SMILES string of the molecule is CN(C)C1CCN(c2ccc(NC(=O)COc3ccccc3OCC(F)(F)F)cc2F)CC1. The van der Waals surface area contributed by atoms with Gasteiger partial charge in [0.1, 0.15) is 5.82 Å². The van der Waals surface area contributed by atoms with Gasteiger partial charge >= 0.3 is 6.18 Å². The summed E-state index contributed by atoms with van der Waals surface area (Å²) in [6.45, 7) is -0.462. The van der Waals surface area contributed by atoms with Gasteiger partial charge in [-0.3, -0.25) is 4.79 Å². The molecule has 1 aliphatic rings. The van der Waals surface area contributed by atoms with E-state index in [1.54, 1.807) is 18.2 Å². The number of carbonyl (C=O) groups is 1. The monoisotopic (exact) mass is 469 g/mol. The molecule has 1 fully saturated rings. The van der Waals surface area contributed by atoms with E-state index in [4.69, 9.17) is 9.47 Å². The fourth-order valence-electron chi connectivity index (χ4n) is 3.65. The number of nitrogens with one attached hydrogen (secondary N) is 1. The van der Waals surface area contributed by atoms with Crippen LogP contribution in [0.1, 0.15) is 12.8 Å². The van der Waals surface area contributed by atoms with Crippen molar-refractivity contribution < 1.29 is 31.8 Å². The number of benzene rings is 2. The highest BCUT2D eigenvalue weighted by molar-refractivity contribution is 5.92. The van der Waals surface area contributed by atoms with Crippen LogP contribution < -0.4 is 19.7 Å². The van der Waals surface area contributed by atoms with Crippen molar-refractivity contribution in [2.75, 3.05) is 50.6 Å². The van der Waals surface area contributed by atoms with Crippen LogP contribution in [0, 0.1) is 5.82 Å². The van der Waals surface area contributed by atoms with Crippen LogP contribution in [0.4, 0.5) is 28.9 Å². The van der Waals surface area contributed by atoms with Crippen molar-refractivity contribution in [1.29, 1.82) is 0 Å². The number of halogens is 4. The normalized spacial score (nSPS) is 14.9. The number of para-hydroxylation sites is 2. The molecule has 0 atom stereocenters. The standard InChI is InChI=1S/C23H27F4N3O3/c1-29(2)17-9-11-30(12-10-17)19-8-7-16(13-18(19)24)28-22(31)14-32-20-5-3-4-6-21(20)33-15-23(25,26)27/h3-8,13,17H,9-12,14-15H2,1-2H3,(H,28,31). The van der Waals surface area contributed by atoms with Gasteiger partial charge in [0.05, 0.1) is 5.69 Å². The number of nitrogens with zero attached hydrogens (tertiary/aromatic N) is 2. The average molecular weight is 469 g/mol. The third-order valence-corrected chi connectivity index (χ3v) is 5.37. The molecule has 0 aromatic heterocycles. The van der Waals surface area contributed by atoms with Gasteiger partial charge in [0.2, 0.25) is 0 Å². The highest BCUT2D eigenvalue weighted by atomic mass is 19.4. The fourth-order valence-corrected chi connectivity index (χ4v) is 3.65. The predicted molar refractivity (Wildman–Crippen MR) is 117 cm³/mol. The van der Waals surface area contributed by atoms with E-state index < -0.39 is 31.1 Å². The van der Waals surface area contributed by atoms with E-state index in [-0.39, 0.29) is 17.2 Å². The Labute approximate surface area is 190 Å². The first-order valence-electron chi connectivity index (χ1n) is 10.5. The van der Waals surface area contributed by atoms with Gasteiger partial charge in [-0.25, -0.2) is 4.39 Å². The molecule has 0 saturated carbocycles. The maximum atomic E-state index is 14.7. The van der Waals surface area contributed by atoms with Crippen LogP contribution in [-0.2, 0) is 4.79 Å².